The predicted octanol–water partition coefficient (Wildman–Crippen LogP) is 5.51. The summed E-state index contributed by atoms with van der Waals surface area (Å²) in [5.74, 6) is 1.04. The van der Waals surface area contributed by atoms with Crippen molar-refractivity contribution < 1.29 is 4.74 Å². The second-order valence-corrected chi connectivity index (χ2v) is 6.94. The van der Waals surface area contributed by atoms with Crippen molar-refractivity contribution in [2.24, 2.45) is 0 Å². The molecule has 1 saturated carbocycles. The molecule has 6 heteroatoms. The van der Waals surface area contributed by atoms with E-state index in [2.05, 4.69) is 19.9 Å². The van der Waals surface area contributed by atoms with E-state index < -0.39 is 0 Å². The fraction of sp³-hybridized carbons (Fsp3) is 0.429. The molecular formula is C21H25ClN4O. The summed E-state index contributed by atoms with van der Waals surface area (Å²) >= 11 is 6.14. The summed E-state index contributed by atoms with van der Waals surface area (Å²) < 4.78 is 6.22. The number of hydrogen-bond donors (Lipinski definition) is 0. The van der Waals surface area contributed by atoms with Crippen LogP contribution in [-0.2, 0) is 0 Å². The minimum absolute atomic E-state index is 0.141. The molecule has 4 rings (SSSR count). The lowest BCUT2D eigenvalue weighted by Crippen LogP contribution is -2.24. The van der Waals surface area contributed by atoms with Gasteiger partial charge in [-0.05, 0) is 44.2 Å². The first kappa shape index (κ1) is 19.5. The summed E-state index contributed by atoms with van der Waals surface area (Å²) in [5, 5.41) is 1.33. The Kier molecular flexibility index (Phi) is 6.56. The van der Waals surface area contributed by atoms with Crippen LogP contribution in [0.3, 0.4) is 0 Å². The van der Waals surface area contributed by atoms with Crippen molar-refractivity contribution in [3.05, 3.63) is 53.3 Å². The summed E-state index contributed by atoms with van der Waals surface area (Å²) in [4.78, 5) is 17.4. The Balaban J connectivity index is 0.00000102. The van der Waals surface area contributed by atoms with Gasteiger partial charge in [-0.1, -0.05) is 25.4 Å². The molecule has 3 aromatic heterocycles. The smallest absolute Gasteiger partial charge is 0.224 e. The third-order valence-corrected chi connectivity index (χ3v) is 4.90. The van der Waals surface area contributed by atoms with Crippen LogP contribution in [0.25, 0.3) is 10.9 Å². The molecule has 1 aliphatic rings. The van der Waals surface area contributed by atoms with Crippen LogP contribution in [-0.4, -0.2) is 26.0 Å². The molecule has 3 aromatic rings. The quantitative estimate of drug-likeness (QED) is 0.557. The first-order valence-electron chi connectivity index (χ1n) is 9.54. The number of aryl methyl sites for hydroxylation is 1. The van der Waals surface area contributed by atoms with Gasteiger partial charge in [-0.2, -0.15) is 0 Å². The monoisotopic (exact) mass is 384 g/mol. The van der Waals surface area contributed by atoms with Gasteiger partial charge in [0.15, 0.2) is 0 Å². The highest BCUT2D eigenvalue weighted by Gasteiger charge is 2.25. The lowest BCUT2D eigenvalue weighted by molar-refractivity contribution is 0.142. The number of ether oxygens (including phenoxy) is 1. The summed E-state index contributed by atoms with van der Waals surface area (Å²) in [6, 6.07) is 3.82. The first-order chi connectivity index (χ1) is 13.2. The van der Waals surface area contributed by atoms with Gasteiger partial charge < -0.3 is 4.74 Å². The van der Waals surface area contributed by atoms with Crippen molar-refractivity contribution in [1.29, 1.82) is 0 Å². The maximum atomic E-state index is 6.22. The number of rotatable bonds is 3. The second-order valence-electron chi connectivity index (χ2n) is 6.55. The number of aromatic nitrogens is 4. The van der Waals surface area contributed by atoms with Crippen LogP contribution >= 0.6 is 11.6 Å². The fourth-order valence-corrected chi connectivity index (χ4v) is 3.59. The molecule has 0 saturated heterocycles. The number of nitrogens with zero attached hydrogens (tertiary/aromatic N) is 4. The standard InChI is InChI=1S/C19H19ClN4O.C2H6/c1-12-8-15-16(23-10-12)9-18(20)24-19(15)25-14-4-2-13(3-5-14)17-11-21-6-7-22-17;1-2/h6-11,13-14H,2-5H2,1H3;1-2H3. The van der Waals surface area contributed by atoms with Gasteiger partial charge in [-0.3, -0.25) is 15.0 Å². The largest absolute Gasteiger partial charge is 0.474 e. The molecule has 0 bridgehead atoms. The highest BCUT2D eigenvalue weighted by Crippen LogP contribution is 2.35. The summed E-state index contributed by atoms with van der Waals surface area (Å²) in [6.07, 6.45) is 11.3. The molecule has 0 spiro atoms. The van der Waals surface area contributed by atoms with Gasteiger partial charge in [0.2, 0.25) is 5.88 Å². The minimum atomic E-state index is 0.141. The van der Waals surface area contributed by atoms with E-state index in [1.54, 1.807) is 18.5 Å². The van der Waals surface area contributed by atoms with Gasteiger partial charge >= 0.3 is 0 Å². The predicted molar refractivity (Wildman–Crippen MR) is 108 cm³/mol. The average molecular weight is 385 g/mol. The fourth-order valence-electron chi connectivity index (χ4n) is 3.41. The molecule has 0 aliphatic heterocycles. The molecule has 5 nitrogen and oxygen atoms in total. The zero-order chi connectivity index (χ0) is 19.2. The van der Waals surface area contributed by atoms with Gasteiger partial charge in [0.1, 0.15) is 11.3 Å². The van der Waals surface area contributed by atoms with Crippen molar-refractivity contribution in [3.63, 3.8) is 0 Å². The van der Waals surface area contributed by atoms with Gasteiger partial charge in [0.05, 0.1) is 16.6 Å². The van der Waals surface area contributed by atoms with Crippen LogP contribution in [0, 0.1) is 6.92 Å². The van der Waals surface area contributed by atoms with Gasteiger partial charge in [-0.15, -0.1) is 0 Å². The summed E-state index contributed by atoms with van der Waals surface area (Å²) in [6.45, 7) is 6.01. The molecule has 142 valence electrons. The molecule has 1 aliphatic carbocycles. The summed E-state index contributed by atoms with van der Waals surface area (Å²) in [7, 11) is 0. The Morgan fingerprint density at radius 1 is 1.00 bits per heavy atom. The Hall–Kier alpha value is -2.27. The molecule has 3 heterocycles. The second kappa shape index (κ2) is 9.09. The van der Waals surface area contributed by atoms with Crippen molar-refractivity contribution >= 4 is 22.5 Å². The minimum Gasteiger partial charge on any atom is -0.474 e. The third kappa shape index (κ3) is 4.72. The molecule has 0 atom stereocenters. The van der Waals surface area contributed by atoms with Crippen molar-refractivity contribution in [3.8, 4) is 5.88 Å². The van der Waals surface area contributed by atoms with Crippen molar-refractivity contribution in [2.75, 3.05) is 0 Å². The Morgan fingerprint density at radius 3 is 2.48 bits per heavy atom. The van der Waals surface area contributed by atoms with Gasteiger partial charge in [0.25, 0.3) is 0 Å². The van der Waals surface area contributed by atoms with Crippen molar-refractivity contribution in [2.45, 2.75) is 58.5 Å². The zero-order valence-electron chi connectivity index (χ0n) is 16.0. The molecule has 0 radical (unpaired) electrons. The van der Waals surface area contributed by atoms with Crippen LogP contribution < -0.4 is 4.74 Å². The maximum Gasteiger partial charge on any atom is 0.224 e. The molecular weight excluding hydrogens is 360 g/mol. The van der Waals surface area contributed by atoms with Crippen LogP contribution in [0.4, 0.5) is 0 Å². The number of hydrogen-bond acceptors (Lipinski definition) is 5. The molecule has 0 N–H and O–H groups in total. The van der Waals surface area contributed by atoms with Crippen LogP contribution in [0.15, 0.2) is 36.9 Å². The SMILES string of the molecule is CC.Cc1cnc2cc(Cl)nc(OC3CCC(c4cnccn4)CC3)c2c1. The van der Waals surface area contributed by atoms with E-state index in [1.807, 2.05) is 39.2 Å². The Labute approximate surface area is 165 Å². The maximum absolute atomic E-state index is 6.22. The lowest BCUT2D eigenvalue weighted by Gasteiger charge is -2.28. The Morgan fingerprint density at radius 2 is 1.78 bits per heavy atom. The molecule has 0 unspecified atom stereocenters. The van der Waals surface area contributed by atoms with E-state index >= 15 is 0 Å². The number of halogens is 1. The molecule has 27 heavy (non-hydrogen) atoms. The van der Waals surface area contributed by atoms with Crippen molar-refractivity contribution in [1.82, 2.24) is 19.9 Å². The highest BCUT2D eigenvalue weighted by molar-refractivity contribution is 6.30. The van der Waals surface area contributed by atoms with E-state index in [9.17, 15) is 0 Å². The van der Waals surface area contributed by atoms with Crippen LogP contribution in [0.1, 0.15) is 56.7 Å². The van der Waals surface area contributed by atoms with E-state index in [1.165, 1.54) is 0 Å². The van der Waals surface area contributed by atoms with E-state index in [0.29, 0.717) is 17.0 Å². The summed E-state index contributed by atoms with van der Waals surface area (Å²) in [5.41, 5.74) is 2.97. The highest BCUT2D eigenvalue weighted by atomic mass is 35.5. The lowest BCUT2D eigenvalue weighted by atomic mass is 9.85. The number of fused-ring (bicyclic) bond motifs is 1. The molecule has 0 aromatic carbocycles. The molecule has 0 amide bonds. The molecule has 1 fully saturated rings. The van der Waals surface area contributed by atoms with Gasteiger partial charge in [-0.25, -0.2) is 4.98 Å². The van der Waals surface area contributed by atoms with E-state index in [0.717, 1.165) is 47.8 Å². The third-order valence-electron chi connectivity index (χ3n) is 4.70. The Bertz CT molecular complexity index is 880. The van der Waals surface area contributed by atoms with Crippen LogP contribution in [0.2, 0.25) is 5.15 Å². The van der Waals surface area contributed by atoms with Crippen LogP contribution in [0.5, 0.6) is 5.88 Å². The first-order valence-corrected chi connectivity index (χ1v) is 9.92. The van der Waals surface area contributed by atoms with E-state index in [4.69, 9.17) is 16.3 Å². The van der Waals surface area contributed by atoms with Gasteiger partial charge in [0, 0.05) is 36.8 Å². The number of pyridine rings is 2. The normalized spacial score (nSPS) is 19.3. The van der Waals surface area contributed by atoms with E-state index in [-0.39, 0.29) is 6.10 Å². The average Bonchev–Trinajstić information content (AvgIpc) is 2.71. The topological polar surface area (TPSA) is 60.8 Å². The zero-order valence-corrected chi connectivity index (χ0v) is 16.8.